The number of nitrogens with one attached hydrogen (secondary N) is 1. The number of guanidine groups is 1. The first-order valence-electron chi connectivity index (χ1n) is 15.5. The van der Waals surface area contributed by atoms with Crippen molar-refractivity contribution >= 4 is 48.1 Å². The molecule has 3 saturated heterocycles. The molecule has 0 bridgehead atoms. The molecule has 0 spiro atoms. The van der Waals surface area contributed by atoms with Crippen molar-refractivity contribution in [2.75, 3.05) is 31.9 Å². The Kier molecular flexibility index (Phi) is 11.9. The number of amides is 4. The number of carbonyl (C=O) groups excluding carboxylic acids is 4. The van der Waals surface area contributed by atoms with Crippen molar-refractivity contribution in [2.45, 2.75) is 82.0 Å². The molecule has 0 aromatic heterocycles. The maximum absolute atomic E-state index is 13.6. The summed E-state index contributed by atoms with van der Waals surface area (Å²) in [6.45, 7) is 4.72. The first-order valence-corrected chi connectivity index (χ1v) is 16.6. The van der Waals surface area contributed by atoms with Crippen molar-refractivity contribution < 1.29 is 19.2 Å². The summed E-state index contributed by atoms with van der Waals surface area (Å²) in [5.41, 5.74) is 10.9. The molecule has 3 aliphatic heterocycles. The third-order valence-electron chi connectivity index (χ3n) is 9.07. The molecular formula is C30H47N7O4S. The molecular weight excluding hydrogens is 554 g/mol. The van der Waals surface area contributed by atoms with Gasteiger partial charge in [-0.1, -0.05) is 31.4 Å². The van der Waals surface area contributed by atoms with Crippen molar-refractivity contribution in [2.24, 2.45) is 45.1 Å². The zero-order valence-corrected chi connectivity index (χ0v) is 25.4. The second kappa shape index (κ2) is 15.5. The molecule has 4 amide bonds. The predicted octanol–water partition coefficient (Wildman–Crippen LogP) is 2.05. The number of allylic oxidation sites excluding steroid dienone is 1. The van der Waals surface area contributed by atoms with Crippen LogP contribution in [0.3, 0.4) is 0 Å². The molecule has 5 N–H and O–H groups in total. The standard InChI is InChI=1S/C30H47N7O4S/c1-33-26(38)23-10-6-16-36(18-23)28(40)22(9-5-15-34-30(31)32)17-35-27(39)24-19-42-25-14-13-21(29(41)37(24)25)12-11-20-7-3-2-4-8-20/h11-12,20-25H,1-10,13-19H2,(H,35,39)(H4,31,32,34)/b12-11+/t21-,22-,23?,24+,25?/m1/s1. The van der Waals surface area contributed by atoms with Gasteiger partial charge in [-0.2, -0.15) is 0 Å². The van der Waals surface area contributed by atoms with E-state index < -0.39 is 12.0 Å². The molecule has 12 heteroatoms. The van der Waals surface area contributed by atoms with Gasteiger partial charge in [0.25, 0.3) is 0 Å². The lowest BCUT2D eigenvalue weighted by atomic mass is 9.87. The number of thioether (sulfide) groups is 1. The summed E-state index contributed by atoms with van der Waals surface area (Å²) >= 11 is 1.66. The number of hydrogen-bond donors (Lipinski definition) is 3. The number of rotatable bonds is 11. The van der Waals surface area contributed by atoms with Crippen LogP contribution in [0.15, 0.2) is 22.1 Å². The molecule has 4 rings (SSSR count). The quantitative estimate of drug-likeness (QED) is 0.141. The van der Waals surface area contributed by atoms with E-state index in [0.29, 0.717) is 57.0 Å². The summed E-state index contributed by atoms with van der Waals surface area (Å²) in [4.78, 5) is 63.8. The number of piperidine rings is 2. The van der Waals surface area contributed by atoms with Gasteiger partial charge in [0.2, 0.25) is 23.6 Å². The second-order valence-electron chi connectivity index (χ2n) is 12.0. The number of fused-ring (bicyclic) bond motifs is 1. The number of carbonyl (C=O) groups is 4. The summed E-state index contributed by atoms with van der Waals surface area (Å²) in [6.07, 6.45) is 14.6. The van der Waals surface area contributed by atoms with Gasteiger partial charge >= 0.3 is 0 Å². The number of nitrogens with zero attached hydrogens (tertiary/aromatic N) is 4. The lowest BCUT2D eigenvalue weighted by molar-refractivity contribution is -0.145. The van der Waals surface area contributed by atoms with E-state index >= 15 is 0 Å². The molecule has 2 unspecified atom stereocenters. The van der Waals surface area contributed by atoms with Crippen LogP contribution in [0.4, 0.5) is 0 Å². The van der Waals surface area contributed by atoms with Gasteiger partial charge in [-0.15, -0.1) is 11.8 Å². The van der Waals surface area contributed by atoms with Crippen molar-refractivity contribution in [3.63, 3.8) is 0 Å². The first-order chi connectivity index (χ1) is 20.3. The van der Waals surface area contributed by atoms with E-state index in [1.807, 2.05) is 0 Å². The molecule has 0 aromatic carbocycles. The fraction of sp³-hybridized carbons (Fsp3) is 0.733. The normalized spacial score (nSPS) is 27.4. The largest absolute Gasteiger partial charge is 0.370 e. The molecule has 4 aliphatic rings. The number of aliphatic imine (C=N–C) groups is 2. The third kappa shape index (κ3) is 8.35. The van der Waals surface area contributed by atoms with Gasteiger partial charge < -0.3 is 26.6 Å². The van der Waals surface area contributed by atoms with Gasteiger partial charge in [0.15, 0.2) is 5.96 Å². The van der Waals surface area contributed by atoms with Crippen LogP contribution in [-0.2, 0) is 19.2 Å². The van der Waals surface area contributed by atoms with Crippen molar-refractivity contribution in [3.8, 4) is 0 Å². The summed E-state index contributed by atoms with van der Waals surface area (Å²) in [5, 5.41) is 3.02. The maximum atomic E-state index is 13.6. The van der Waals surface area contributed by atoms with Crippen molar-refractivity contribution in [3.05, 3.63) is 12.2 Å². The van der Waals surface area contributed by atoms with Gasteiger partial charge in [-0.3, -0.25) is 24.2 Å². The molecule has 3 heterocycles. The van der Waals surface area contributed by atoms with E-state index in [2.05, 4.69) is 34.2 Å². The van der Waals surface area contributed by atoms with E-state index in [0.717, 1.165) is 12.8 Å². The van der Waals surface area contributed by atoms with Crippen molar-refractivity contribution in [1.82, 2.24) is 15.1 Å². The second-order valence-corrected chi connectivity index (χ2v) is 13.2. The smallest absolute Gasteiger partial charge is 0.249 e. The molecule has 42 heavy (non-hydrogen) atoms. The molecule has 1 saturated carbocycles. The maximum Gasteiger partial charge on any atom is 0.249 e. The van der Waals surface area contributed by atoms with Crippen LogP contribution in [0.1, 0.15) is 70.6 Å². The Morgan fingerprint density at radius 3 is 2.60 bits per heavy atom. The fourth-order valence-electron chi connectivity index (χ4n) is 6.68. The average Bonchev–Trinajstić information content (AvgIpc) is 3.45. The first kappa shape index (κ1) is 32.0. The number of likely N-dealkylation sites (tertiary alicyclic amines) is 1. The molecule has 5 atom stereocenters. The summed E-state index contributed by atoms with van der Waals surface area (Å²) in [6, 6.07) is -0.550. The van der Waals surface area contributed by atoms with E-state index in [9.17, 15) is 19.2 Å². The van der Waals surface area contributed by atoms with Crippen LogP contribution in [0.5, 0.6) is 0 Å². The summed E-state index contributed by atoms with van der Waals surface area (Å²) in [5.74, 6) is -0.523. The van der Waals surface area contributed by atoms with Crippen LogP contribution in [0.25, 0.3) is 0 Å². The highest BCUT2D eigenvalue weighted by Gasteiger charge is 2.46. The Morgan fingerprint density at radius 1 is 1.07 bits per heavy atom. The zero-order chi connectivity index (χ0) is 30.1. The summed E-state index contributed by atoms with van der Waals surface area (Å²) < 4.78 is 0. The fourth-order valence-corrected chi connectivity index (χ4v) is 8.11. The zero-order valence-electron chi connectivity index (χ0n) is 24.6. The molecule has 11 nitrogen and oxygen atoms in total. The highest BCUT2D eigenvalue weighted by atomic mass is 32.2. The Balaban J connectivity index is 1.37. The Bertz CT molecular complexity index is 1060. The molecule has 0 radical (unpaired) electrons. The topological polar surface area (TPSA) is 164 Å². The minimum atomic E-state index is -0.550. The van der Waals surface area contributed by atoms with E-state index in [1.165, 1.54) is 32.1 Å². The van der Waals surface area contributed by atoms with Crippen LogP contribution >= 0.6 is 11.8 Å². The lowest BCUT2D eigenvalue weighted by Crippen LogP contribution is -2.54. The Labute approximate surface area is 253 Å². The van der Waals surface area contributed by atoms with E-state index in [1.54, 1.807) is 21.6 Å². The van der Waals surface area contributed by atoms with Crippen LogP contribution in [-0.4, -0.2) is 89.5 Å². The average molecular weight is 602 g/mol. The molecule has 0 aromatic rings. The predicted molar refractivity (Wildman–Crippen MR) is 166 cm³/mol. The SMILES string of the molecule is C=NC(=O)C1CCCN(C(=O)[C@H](CCCN=C(N)N)CNC(=O)[C@@H]2CSC3CC[C@@H](/C=C/C4CCCCC4)C(=O)N32)C1. The van der Waals surface area contributed by atoms with E-state index in [-0.39, 0.29) is 53.3 Å². The Hall–Kier alpha value is -2.89. The summed E-state index contributed by atoms with van der Waals surface area (Å²) in [7, 11) is 0. The van der Waals surface area contributed by atoms with Gasteiger partial charge in [0, 0.05) is 31.9 Å². The Morgan fingerprint density at radius 2 is 1.86 bits per heavy atom. The lowest BCUT2D eigenvalue weighted by Gasteiger charge is -2.36. The van der Waals surface area contributed by atoms with Gasteiger partial charge in [0.1, 0.15) is 6.04 Å². The van der Waals surface area contributed by atoms with Crippen LogP contribution in [0.2, 0.25) is 0 Å². The number of nitrogens with two attached hydrogens (primary N) is 2. The molecule has 1 aliphatic carbocycles. The van der Waals surface area contributed by atoms with Gasteiger partial charge in [-0.05, 0) is 64.0 Å². The molecule has 232 valence electrons. The molecule has 4 fully saturated rings. The van der Waals surface area contributed by atoms with Gasteiger partial charge in [0.05, 0.1) is 23.1 Å². The van der Waals surface area contributed by atoms with Crippen LogP contribution in [0, 0.1) is 23.7 Å². The minimum Gasteiger partial charge on any atom is -0.370 e. The van der Waals surface area contributed by atoms with Gasteiger partial charge in [-0.25, -0.2) is 4.99 Å². The van der Waals surface area contributed by atoms with Crippen molar-refractivity contribution in [1.29, 1.82) is 0 Å². The number of hydrogen-bond acceptors (Lipinski definition) is 6. The van der Waals surface area contributed by atoms with E-state index in [4.69, 9.17) is 11.5 Å². The minimum absolute atomic E-state index is 0.00753. The monoisotopic (exact) mass is 601 g/mol. The highest BCUT2D eigenvalue weighted by molar-refractivity contribution is 8.00. The highest BCUT2D eigenvalue weighted by Crippen LogP contribution is 2.39. The third-order valence-corrected chi connectivity index (χ3v) is 10.4. The van der Waals surface area contributed by atoms with Crippen LogP contribution < -0.4 is 16.8 Å².